The lowest BCUT2D eigenvalue weighted by atomic mass is 9.84. The fraction of sp³-hybridized carbons (Fsp3) is 1.00. The standard InChI is InChI=1S/C14H29N/c1-4-13(5-2)11-15-12(3)14-9-7-6-8-10-14/h12-15H,4-11H2,1-3H3/t12-/m1/s1. The Morgan fingerprint density at radius 2 is 1.67 bits per heavy atom. The van der Waals surface area contributed by atoms with Crippen molar-refractivity contribution < 1.29 is 0 Å². The topological polar surface area (TPSA) is 12.0 Å². The van der Waals surface area contributed by atoms with Crippen molar-refractivity contribution in [2.24, 2.45) is 11.8 Å². The molecule has 0 aromatic carbocycles. The number of rotatable bonds is 6. The highest BCUT2D eigenvalue weighted by Crippen LogP contribution is 2.26. The quantitative estimate of drug-likeness (QED) is 0.700. The molecule has 1 nitrogen and oxygen atoms in total. The Hall–Kier alpha value is -0.0400. The summed E-state index contributed by atoms with van der Waals surface area (Å²) in [7, 11) is 0. The Balaban J connectivity index is 2.18. The minimum Gasteiger partial charge on any atom is -0.314 e. The number of hydrogen-bond acceptors (Lipinski definition) is 1. The lowest BCUT2D eigenvalue weighted by Gasteiger charge is -2.29. The molecule has 0 radical (unpaired) electrons. The second kappa shape index (κ2) is 7.27. The summed E-state index contributed by atoms with van der Waals surface area (Å²) < 4.78 is 0. The van der Waals surface area contributed by atoms with Crippen molar-refractivity contribution in [2.75, 3.05) is 6.54 Å². The van der Waals surface area contributed by atoms with E-state index in [9.17, 15) is 0 Å². The van der Waals surface area contributed by atoms with Crippen LogP contribution in [-0.2, 0) is 0 Å². The lowest BCUT2D eigenvalue weighted by molar-refractivity contribution is 0.269. The van der Waals surface area contributed by atoms with Crippen LogP contribution < -0.4 is 5.32 Å². The van der Waals surface area contributed by atoms with Gasteiger partial charge in [0.1, 0.15) is 0 Å². The van der Waals surface area contributed by atoms with Crippen LogP contribution in [0.2, 0.25) is 0 Å². The molecule has 1 rings (SSSR count). The zero-order chi connectivity index (χ0) is 11.1. The van der Waals surface area contributed by atoms with Gasteiger partial charge in [-0.2, -0.15) is 0 Å². The normalized spacial score (nSPS) is 20.8. The van der Waals surface area contributed by atoms with Crippen LogP contribution in [0, 0.1) is 11.8 Å². The van der Waals surface area contributed by atoms with Gasteiger partial charge in [-0.1, -0.05) is 46.0 Å². The first kappa shape index (κ1) is 13.0. The van der Waals surface area contributed by atoms with Gasteiger partial charge in [-0.05, 0) is 38.1 Å². The molecular formula is C14H29N. The molecule has 0 heterocycles. The Bertz CT molecular complexity index is 145. The zero-order valence-corrected chi connectivity index (χ0v) is 10.9. The third-order valence-electron chi connectivity index (χ3n) is 4.24. The van der Waals surface area contributed by atoms with Gasteiger partial charge in [0.05, 0.1) is 0 Å². The van der Waals surface area contributed by atoms with Gasteiger partial charge in [-0.3, -0.25) is 0 Å². The maximum atomic E-state index is 3.75. The molecule has 1 fully saturated rings. The Labute approximate surface area is 96.0 Å². The Kier molecular flexibility index (Phi) is 6.31. The van der Waals surface area contributed by atoms with E-state index in [1.54, 1.807) is 0 Å². The van der Waals surface area contributed by atoms with E-state index < -0.39 is 0 Å². The van der Waals surface area contributed by atoms with Crippen molar-refractivity contribution in [1.82, 2.24) is 5.32 Å². The molecule has 0 aromatic heterocycles. The highest BCUT2D eigenvalue weighted by molar-refractivity contribution is 4.76. The van der Waals surface area contributed by atoms with Crippen LogP contribution in [0.5, 0.6) is 0 Å². The maximum absolute atomic E-state index is 3.75. The molecule has 0 bridgehead atoms. The van der Waals surface area contributed by atoms with E-state index in [2.05, 4.69) is 26.1 Å². The highest BCUT2D eigenvalue weighted by Gasteiger charge is 2.19. The summed E-state index contributed by atoms with van der Waals surface area (Å²) in [5.41, 5.74) is 0. The molecule has 15 heavy (non-hydrogen) atoms. The second-order valence-electron chi connectivity index (χ2n) is 5.28. The van der Waals surface area contributed by atoms with Crippen molar-refractivity contribution in [3.63, 3.8) is 0 Å². The molecule has 0 aromatic rings. The monoisotopic (exact) mass is 211 g/mol. The van der Waals surface area contributed by atoms with Crippen LogP contribution in [0.3, 0.4) is 0 Å². The van der Waals surface area contributed by atoms with Gasteiger partial charge >= 0.3 is 0 Å². The summed E-state index contributed by atoms with van der Waals surface area (Å²) in [5, 5.41) is 3.75. The molecule has 1 N–H and O–H groups in total. The molecule has 0 aliphatic heterocycles. The third kappa shape index (κ3) is 4.55. The molecule has 0 spiro atoms. The summed E-state index contributed by atoms with van der Waals surface area (Å²) in [6, 6.07) is 0.742. The smallest absolute Gasteiger partial charge is 0.00671 e. The summed E-state index contributed by atoms with van der Waals surface area (Å²) in [4.78, 5) is 0. The van der Waals surface area contributed by atoms with Crippen LogP contribution in [-0.4, -0.2) is 12.6 Å². The Morgan fingerprint density at radius 3 is 2.20 bits per heavy atom. The second-order valence-corrected chi connectivity index (χ2v) is 5.28. The van der Waals surface area contributed by atoms with E-state index in [1.807, 2.05) is 0 Å². The molecule has 1 aliphatic carbocycles. The van der Waals surface area contributed by atoms with Crippen LogP contribution in [0.25, 0.3) is 0 Å². The van der Waals surface area contributed by atoms with E-state index in [0.29, 0.717) is 0 Å². The highest BCUT2D eigenvalue weighted by atomic mass is 14.9. The van der Waals surface area contributed by atoms with Gasteiger partial charge in [-0.15, -0.1) is 0 Å². The van der Waals surface area contributed by atoms with Crippen molar-refractivity contribution in [1.29, 1.82) is 0 Å². The molecule has 0 amide bonds. The van der Waals surface area contributed by atoms with Gasteiger partial charge in [-0.25, -0.2) is 0 Å². The average Bonchev–Trinajstić information content (AvgIpc) is 2.31. The first-order valence-electron chi connectivity index (χ1n) is 7.01. The number of hydrogen-bond donors (Lipinski definition) is 1. The summed E-state index contributed by atoms with van der Waals surface area (Å²) >= 11 is 0. The lowest BCUT2D eigenvalue weighted by Crippen LogP contribution is -2.37. The summed E-state index contributed by atoms with van der Waals surface area (Å²) in [6.07, 6.45) is 9.94. The van der Waals surface area contributed by atoms with E-state index >= 15 is 0 Å². The molecule has 0 unspecified atom stereocenters. The van der Waals surface area contributed by atoms with Crippen molar-refractivity contribution >= 4 is 0 Å². The first-order valence-corrected chi connectivity index (χ1v) is 7.01. The third-order valence-corrected chi connectivity index (χ3v) is 4.24. The van der Waals surface area contributed by atoms with E-state index in [1.165, 1.54) is 51.5 Å². The largest absolute Gasteiger partial charge is 0.314 e. The zero-order valence-electron chi connectivity index (χ0n) is 10.9. The first-order chi connectivity index (χ1) is 7.27. The van der Waals surface area contributed by atoms with E-state index in [4.69, 9.17) is 0 Å². The van der Waals surface area contributed by atoms with Gasteiger partial charge in [0.15, 0.2) is 0 Å². The molecule has 1 saturated carbocycles. The fourth-order valence-corrected chi connectivity index (χ4v) is 2.73. The van der Waals surface area contributed by atoms with Gasteiger partial charge in [0.25, 0.3) is 0 Å². The SMILES string of the molecule is CCC(CC)CN[C@H](C)C1CCCCC1. The van der Waals surface area contributed by atoms with Gasteiger partial charge < -0.3 is 5.32 Å². The molecular weight excluding hydrogens is 182 g/mol. The fourth-order valence-electron chi connectivity index (χ4n) is 2.73. The molecule has 0 saturated heterocycles. The minimum absolute atomic E-state index is 0.742. The van der Waals surface area contributed by atoms with Crippen LogP contribution in [0.1, 0.15) is 65.7 Å². The maximum Gasteiger partial charge on any atom is 0.00671 e. The number of nitrogens with one attached hydrogen (secondary N) is 1. The van der Waals surface area contributed by atoms with E-state index in [0.717, 1.165) is 17.9 Å². The molecule has 1 atom stereocenters. The molecule has 90 valence electrons. The molecule has 1 heteroatoms. The van der Waals surface area contributed by atoms with Crippen molar-refractivity contribution in [3.05, 3.63) is 0 Å². The minimum atomic E-state index is 0.742. The summed E-state index contributed by atoms with van der Waals surface area (Å²) in [6.45, 7) is 8.23. The van der Waals surface area contributed by atoms with Gasteiger partial charge in [0, 0.05) is 6.04 Å². The predicted octanol–water partition coefficient (Wildman–Crippen LogP) is 3.98. The van der Waals surface area contributed by atoms with Crippen LogP contribution in [0.4, 0.5) is 0 Å². The van der Waals surface area contributed by atoms with Crippen LogP contribution in [0.15, 0.2) is 0 Å². The predicted molar refractivity (Wildman–Crippen MR) is 68.1 cm³/mol. The van der Waals surface area contributed by atoms with Crippen LogP contribution >= 0.6 is 0 Å². The van der Waals surface area contributed by atoms with Gasteiger partial charge in [0.2, 0.25) is 0 Å². The van der Waals surface area contributed by atoms with Crippen molar-refractivity contribution in [2.45, 2.75) is 71.8 Å². The van der Waals surface area contributed by atoms with E-state index in [-0.39, 0.29) is 0 Å². The average molecular weight is 211 g/mol. The Morgan fingerprint density at radius 1 is 1.07 bits per heavy atom. The van der Waals surface area contributed by atoms with Crippen molar-refractivity contribution in [3.8, 4) is 0 Å². The summed E-state index contributed by atoms with van der Waals surface area (Å²) in [5.74, 6) is 1.84. The molecule has 1 aliphatic rings.